The predicted octanol–water partition coefficient (Wildman–Crippen LogP) is 1.98. The van der Waals surface area contributed by atoms with Crippen LogP contribution in [-0.2, 0) is 13.8 Å². The van der Waals surface area contributed by atoms with Crippen LogP contribution in [0.2, 0.25) is 0 Å². The number of aliphatic hydroxyl groups is 2. The van der Waals surface area contributed by atoms with Crippen molar-refractivity contribution in [1.29, 1.82) is 0 Å². The summed E-state index contributed by atoms with van der Waals surface area (Å²) in [6.45, 7) is 5.51. The highest BCUT2D eigenvalue weighted by Crippen LogP contribution is 2.57. The first-order chi connectivity index (χ1) is 13.2. The monoisotopic (exact) mass is 431 g/mol. The van der Waals surface area contributed by atoms with Crippen molar-refractivity contribution in [2.45, 2.75) is 76.0 Å². The molecule has 29 heavy (non-hydrogen) atoms. The van der Waals surface area contributed by atoms with E-state index in [1.54, 1.807) is 6.92 Å². The largest absolute Gasteiger partial charge is 0.387 e. The molecular formula is C19H27FNO7P. The zero-order chi connectivity index (χ0) is 22.2. The minimum atomic E-state index is -4.44. The van der Waals surface area contributed by atoms with Crippen molar-refractivity contribution in [3.63, 3.8) is 0 Å². The highest BCUT2D eigenvalue weighted by Gasteiger charge is 2.50. The van der Waals surface area contributed by atoms with Gasteiger partial charge < -0.3 is 29.4 Å². The summed E-state index contributed by atoms with van der Waals surface area (Å²) < 4.78 is 38.3. The van der Waals surface area contributed by atoms with Gasteiger partial charge in [-0.25, -0.2) is 4.39 Å². The van der Waals surface area contributed by atoms with Crippen LogP contribution in [0.3, 0.4) is 0 Å². The third-order valence-electron chi connectivity index (χ3n) is 5.14. The second-order valence-corrected chi connectivity index (χ2v) is 10.3. The van der Waals surface area contributed by atoms with Crippen molar-refractivity contribution in [3.05, 3.63) is 33.7 Å². The average Bonchev–Trinajstić information content (AvgIpc) is 2.88. The van der Waals surface area contributed by atoms with Crippen LogP contribution in [0.25, 0.3) is 0 Å². The SMILES string of the molecule is C#Cc1[nH]c(=O)ccc1C1OC(CC(C)(CC)OP(=O)(O)C(C)(C)O)C(O)C1F. The first-order valence-corrected chi connectivity index (χ1v) is 10.8. The molecule has 0 spiro atoms. The van der Waals surface area contributed by atoms with Gasteiger partial charge in [0.05, 0.1) is 17.4 Å². The number of terminal acetylenes is 1. The molecule has 0 saturated carbocycles. The standard InChI is InChI=1S/C19H27FNO7P/c1-6-12-11(8-9-14(22)21-12)17-15(20)16(23)13(27-17)10-19(5,7-2)28-29(25,26)18(3,4)24/h1,8-9,13,15-17,23-24H,7,10H2,2-5H3,(H,21,22)(H,25,26). The first kappa shape index (κ1) is 23.7. The van der Waals surface area contributed by atoms with Crippen LogP contribution in [0, 0.1) is 12.3 Å². The number of aromatic amines is 1. The van der Waals surface area contributed by atoms with Crippen LogP contribution in [-0.4, -0.2) is 49.4 Å². The second kappa shape index (κ2) is 8.31. The maximum absolute atomic E-state index is 14.8. The Morgan fingerprint density at radius 2 is 2.03 bits per heavy atom. The molecule has 1 fully saturated rings. The summed E-state index contributed by atoms with van der Waals surface area (Å²) in [5.41, 5.74) is -1.48. The number of ether oxygens (including phenoxy) is 1. The fourth-order valence-corrected chi connectivity index (χ4v) is 4.09. The summed E-state index contributed by atoms with van der Waals surface area (Å²) in [7, 11) is -4.44. The van der Waals surface area contributed by atoms with Crippen LogP contribution < -0.4 is 5.56 Å². The molecule has 1 aromatic rings. The predicted molar refractivity (Wildman–Crippen MR) is 104 cm³/mol. The molecule has 6 atom stereocenters. The summed E-state index contributed by atoms with van der Waals surface area (Å²) in [4.78, 5) is 23.9. The number of nitrogens with one attached hydrogen (secondary N) is 1. The lowest BCUT2D eigenvalue weighted by molar-refractivity contribution is -0.0522. The van der Waals surface area contributed by atoms with Crippen molar-refractivity contribution < 1.29 is 33.3 Å². The topological polar surface area (TPSA) is 129 Å². The lowest BCUT2D eigenvalue weighted by atomic mass is 9.92. The van der Waals surface area contributed by atoms with Crippen LogP contribution in [0.15, 0.2) is 16.9 Å². The Kier molecular flexibility index (Phi) is 6.80. The Balaban J connectivity index is 2.27. The van der Waals surface area contributed by atoms with E-state index in [0.717, 1.165) is 13.8 Å². The first-order valence-electron chi connectivity index (χ1n) is 9.18. The van der Waals surface area contributed by atoms with Gasteiger partial charge in [0, 0.05) is 18.1 Å². The molecule has 0 aromatic carbocycles. The lowest BCUT2D eigenvalue weighted by Crippen LogP contribution is -2.39. The Bertz CT molecular complexity index is 890. The van der Waals surface area contributed by atoms with E-state index in [-0.39, 0.29) is 24.1 Å². The summed E-state index contributed by atoms with van der Waals surface area (Å²) in [5.74, 6) is 2.26. The van der Waals surface area contributed by atoms with Gasteiger partial charge in [-0.1, -0.05) is 12.8 Å². The lowest BCUT2D eigenvalue weighted by Gasteiger charge is -2.36. The average molecular weight is 431 g/mol. The van der Waals surface area contributed by atoms with Crippen LogP contribution in [0.1, 0.15) is 57.9 Å². The van der Waals surface area contributed by atoms with Gasteiger partial charge in [0.15, 0.2) is 11.5 Å². The summed E-state index contributed by atoms with van der Waals surface area (Å²) in [5, 5.41) is 18.3. The maximum Gasteiger partial charge on any atom is 0.359 e. The van der Waals surface area contributed by atoms with Crippen LogP contribution >= 0.6 is 7.60 Å². The molecule has 2 heterocycles. The minimum Gasteiger partial charge on any atom is -0.387 e. The highest BCUT2D eigenvalue weighted by molar-refractivity contribution is 7.54. The third kappa shape index (κ3) is 4.97. The number of H-pyrrole nitrogens is 1. The van der Waals surface area contributed by atoms with E-state index in [4.69, 9.17) is 15.7 Å². The molecule has 0 amide bonds. The number of rotatable bonds is 7. The second-order valence-electron chi connectivity index (χ2n) is 7.94. The molecule has 4 N–H and O–H groups in total. The van der Waals surface area contributed by atoms with E-state index in [2.05, 4.69) is 10.9 Å². The van der Waals surface area contributed by atoms with Gasteiger partial charge in [-0.05, 0) is 33.3 Å². The number of hydrogen-bond donors (Lipinski definition) is 4. The summed E-state index contributed by atoms with van der Waals surface area (Å²) in [6, 6.07) is 2.52. The summed E-state index contributed by atoms with van der Waals surface area (Å²) in [6.07, 6.45) is -0.195. The maximum atomic E-state index is 14.8. The number of aromatic nitrogens is 1. The van der Waals surface area contributed by atoms with Crippen molar-refractivity contribution in [1.82, 2.24) is 4.98 Å². The van der Waals surface area contributed by atoms with E-state index >= 15 is 0 Å². The molecule has 1 aliphatic rings. The van der Waals surface area contributed by atoms with Crippen molar-refractivity contribution in [3.8, 4) is 12.3 Å². The van der Waals surface area contributed by atoms with Crippen molar-refractivity contribution in [2.75, 3.05) is 0 Å². The Morgan fingerprint density at radius 1 is 1.41 bits per heavy atom. The number of halogens is 1. The molecular weight excluding hydrogens is 404 g/mol. The van der Waals surface area contributed by atoms with E-state index in [1.165, 1.54) is 19.1 Å². The smallest absolute Gasteiger partial charge is 0.359 e. The Morgan fingerprint density at radius 3 is 2.55 bits per heavy atom. The van der Waals surface area contributed by atoms with Crippen molar-refractivity contribution in [2.24, 2.45) is 0 Å². The zero-order valence-electron chi connectivity index (χ0n) is 16.8. The van der Waals surface area contributed by atoms with Crippen molar-refractivity contribution >= 4 is 7.60 Å². The zero-order valence-corrected chi connectivity index (χ0v) is 17.6. The van der Waals surface area contributed by atoms with Gasteiger partial charge in [-0.2, -0.15) is 0 Å². The molecule has 0 bridgehead atoms. The molecule has 162 valence electrons. The molecule has 2 rings (SSSR count). The van der Waals surface area contributed by atoms with E-state index < -0.39 is 48.6 Å². The molecule has 1 aromatic heterocycles. The van der Waals surface area contributed by atoms with Gasteiger partial charge in [-0.15, -0.1) is 6.42 Å². The van der Waals surface area contributed by atoms with Gasteiger partial charge >= 0.3 is 7.60 Å². The molecule has 1 aliphatic heterocycles. The van der Waals surface area contributed by atoms with Gasteiger partial charge in [-0.3, -0.25) is 9.36 Å². The molecule has 0 radical (unpaired) electrons. The Hall–Kier alpha value is -1.53. The van der Waals surface area contributed by atoms with Gasteiger partial charge in [0.1, 0.15) is 12.2 Å². The van der Waals surface area contributed by atoms with Crippen LogP contribution in [0.4, 0.5) is 4.39 Å². The minimum absolute atomic E-state index is 0.0504. The summed E-state index contributed by atoms with van der Waals surface area (Å²) >= 11 is 0. The number of hydrogen-bond acceptors (Lipinski definition) is 6. The number of pyridine rings is 1. The molecule has 10 heteroatoms. The van der Waals surface area contributed by atoms with Crippen LogP contribution in [0.5, 0.6) is 0 Å². The fraction of sp³-hybridized carbons (Fsp3) is 0.632. The van der Waals surface area contributed by atoms with Gasteiger partial charge in [0.25, 0.3) is 0 Å². The molecule has 0 aliphatic carbocycles. The Labute approximate surface area is 168 Å². The number of alkyl halides is 1. The quantitative estimate of drug-likeness (QED) is 0.384. The molecule has 6 unspecified atom stereocenters. The van der Waals surface area contributed by atoms with E-state index in [0.29, 0.717) is 0 Å². The normalized spacial score (nSPS) is 29.1. The third-order valence-corrected chi connectivity index (χ3v) is 7.21. The van der Waals surface area contributed by atoms with E-state index in [1.807, 2.05) is 0 Å². The van der Waals surface area contributed by atoms with E-state index in [9.17, 15) is 28.9 Å². The number of aliphatic hydroxyl groups excluding tert-OH is 1. The fourth-order valence-electron chi connectivity index (χ4n) is 3.07. The molecule has 1 saturated heterocycles. The van der Waals surface area contributed by atoms with Gasteiger partial charge in [0.2, 0.25) is 5.56 Å². The highest BCUT2D eigenvalue weighted by atomic mass is 31.2. The molecule has 8 nitrogen and oxygen atoms in total.